The highest BCUT2D eigenvalue weighted by molar-refractivity contribution is 7.13. The fourth-order valence-corrected chi connectivity index (χ4v) is 5.00. The third-order valence-corrected chi connectivity index (χ3v) is 6.78. The lowest BCUT2D eigenvalue weighted by atomic mass is 10.2. The van der Waals surface area contributed by atoms with Gasteiger partial charge in [-0.05, 0) is 38.1 Å². The molecule has 0 atom stereocenters. The Labute approximate surface area is 181 Å². The zero-order valence-electron chi connectivity index (χ0n) is 17.4. The summed E-state index contributed by atoms with van der Waals surface area (Å²) in [5, 5.41) is 5.71. The van der Waals surface area contributed by atoms with Crippen LogP contribution in [0.25, 0.3) is 0 Å². The van der Waals surface area contributed by atoms with Crippen LogP contribution in [0.1, 0.15) is 36.2 Å². The molecule has 30 heavy (non-hydrogen) atoms. The minimum Gasteiger partial charge on any atom is -0.366 e. The van der Waals surface area contributed by atoms with Gasteiger partial charge >= 0.3 is 0 Å². The topological polar surface area (TPSA) is 51.7 Å². The number of thiazole rings is 1. The summed E-state index contributed by atoms with van der Waals surface area (Å²) in [5.74, 6) is -0.281. The molecular weight excluding hydrogens is 401 g/mol. The van der Waals surface area contributed by atoms with Crippen LogP contribution < -0.4 is 15.1 Å². The Balaban J connectivity index is 1.25. The zero-order valence-corrected chi connectivity index (χ0v) is 18.2. The van der Waals surface area contributed by atoms with E-state index in [4.69, 9.17) is 0 Å². The van der Waals surface area contributed by atoms with E-state index in [2.05, 4.69) is 25.0 Å². The van der Waals surface area contributed by atoms with Crippen LogP contribution in [0.5, 0.6) is 0 Å². The molecule has 3 heterocycles. The summed E-state index contributed by atoms with van der Waals surface area (Å²) in [6, 6.07) is 6.90. The summed E-state index contributed by atoms with van der Waals surface area (Å²) < 4.78 is 14.0. The van der Waals surface area contributed by atoms with Crippen molar-refractivity contribution in [3.8, 4) is 0 Å². The number of halogens is 1. The summed E-state index contributed by atoms with van der Waals surface area (Å²) in [6.07, 6.45) is 5.15. The summed E-state index contributed by atoms with van der Waals surface area (Å²) in [4.78, 5) is 23.7. The first-order valence-electron chi connectivity index (χ1n) is 10.9. The van der Waals surface area contributed by atoms with Crippen molar-refractivity contribution in [1.82, 2.24) is 15.2 Å². The van der Waals surface area contributed by atoms with Crippen LogP contribution in [0.4, 0.5) is 15.2 Å². The minimum absolute atomic E-state index is 0.0997. The molecule has 4 rings (SSSR count). The number of hydrogen-bond acceptors (Lipinski definition) is 6. The van der Waals surface area contributed by atoms with Gasteiger partial charge in [-0.25, -0.2) is 9.37 Å². The third-order valence-electron chi connectivity index (χ3n) is 5.88. The van der Waals surface area contributed by atoms with Crippen LogP contribution in [0, 0.1) is 5.82 Å². The molecule has 0 spiro atoms. The lowest BCUT2D eigenvalue weighted by Gasteiger charge is -2.36. The van der Waals surface area contributed by atoms with Gasteiger partial charge in [0, 0.05) is 44.6 Å². The largest absolute Gasteiger partial charge is 0.366 e. The number of piperazine rings is 1. The Kier molecular flexibility index (Phi) is 7.17. The van der Waals surface area contributed by atoms with Crippen LogP contribution in [-0.2, 0) is 0 Å². The van der Waals surface area contributed by atoms with Crippen molar-refractivity contribution in [2.24, 2.45) is 0 Å². The maximum atomic E-state index is 14.0. The van der Waals surface area contributed by atoms with Crippen molar-refractivity contribution in [2.45, 2.75) is 25.7 Å². The first kappa shape index (κ1) is 21.1. The number of carbonyl (C=O) groups is 1. The molecule has 1 aromatic carbocycles. The second-order valence-electron chi connectivity index (χ2n) is 7.95. The number of benzene rings is 1. The van der Waals surface area contributed by atoms with Crippen LogP contribution in [0.2, 0.25) is 0 Å². The second kappa shape index (κ2) is 10.2. The number of hydrogen-bond donors (Lipinski definition) is 1. The van der Waals surface area contributed by atoms with Crippen molar-refractivity contribution in [2.75, 3.05) is 62.2 Å². The lowest BCUT2D eigenvalue weighted by Crippen LogP contribution is -2.46. The maximum Gasteiger partial charge on any atom is 0.270 e. The van der Waals surface area contributed by atoms with Gasteiger partial charge in [0.05, 0.1) is 5.69 Å². The summed E-state index contributed by atoms with van der Waals surface area (Å²) in [6.45, 7) is 6.82. The first-order chi connectivity index (χ1) is 14.7. The van der Waals surface area contributed by atoms with Crippen LogP contribution >= 0.6 is 11.3 Å². The van der Waals surface area contributed by atoms with Crippen LogP contribution in [0.3, 0.4) is 0 Å². The van der Waals surface area contributed by atoms with E-state index in [1.165, 1.54) is 43.1 Å². The fourth-order valence-electron chi connectivity index (χ4n) is 4.14. The van der Waals surface area contributed by atoms with E-state index in [-0.39, 0.29) is 11.7 Å². The maximum absolute atomic E-state index is 14.0. The Morgan fingerprint density at radius 3 is 2.43 bits per heavy atom. The van der Waals surface area contributed by atoms with Gasteiger partial charge in [-0.1, -0.05) is 25.0 Å². The van der Waals surface area contributed by atoms with Crippen molar-refractivity contribution in [3.63, 3.8) is 0 Å². The van der Waals surface area contributed by atoms with E-state index in [1.54, 1.807) is 6.07 Å². The SMILES string of the molecule is O=C(NCCN1CCCCCC1)c1csc(N2CCN(c3ccccc3F)CC2)n1. The molecular formula is C22H30FN5OS. The van der Waals surface area contributed by atoms with Crippen LogP contribution in [0.15, 0.2) is 29.6 Å². The average molecular weight is 432 g/mol. The molecule has 6 nitrogen and oxygen atoms in total. The normalized spacial score (nSPS) is 18.3. The van der Waals surface area contributed by atoms with Crippen molar-refractivity contribution < 1.29 is 9.18 Å². The standard InChI is InChI=1S/C22H30FN5OS/c23-18-7-3-4-8-20(18)27-13-15-28(16-14-27)22-25-19(17-30-22)21(29)24-9-12-26-10-5-1-2-6-11-26/h3-4,7-8,17H,1-2,5-6,9-16H2,(H,24,29). The Bertz CT molecular complexity index is 828. The predicted octanol–water partition coefficient (Wildman–Crippen LogP) is 3.21. The van der Waals surface area contributed by atoms with E-state index in [1.807, 2.05) is 17.5 Å². The molecule has 1 N–H and O–H groups in total. The van der Waals surface area contributed by atoms with Gasteiger partial charge in [0.2, 0.25) is 0 Å². The molecule has 0 radical (unpaired) electrons. The summed E-state index contributed by atoms with van der Waals surface area (Å²) in [7, 11) is 0. The average Bonchev–Trinajstić information content (AvgIpc) is 3.12. The molecule has 0 unspecified atom stereocenters. The molecule has 2 aliphatic rings. The Morgan fingerprint density at radius 1 is 1.00 bits per heavy atom. The number of aromatic nitrogens is 1. The Morgan fingerprint density at radius 2 is 1.70 bits per heavy atom. The number of nitrogens with one attached hydrogen (secondary N) is 1. The van der Waals surface area contributed by atoms with Crippen LogP contribution in [-0.4, -0.2) is 68.1 Å². The number of anilines is 2. The van der Waals surface area contributed by atoms with E-state index in [9.17, 15) is 9.18 Å². The van der Waals surface area contributed by atoms with E-state index >= 15 is 0 Å². The molecule has 0 aliphatic carbocycles. The zero-order chi connectivity index (χ0) is 20.8. The van der Waals surface area contributed by atoms with Gasteiger partial charge < -0.3 is 20.0 Å². The number of rotatable bonds is 6. The molecule has 2 saturated heterocycles. The lowest BCUT2D eigenvalue weighted by molar-refractivity contribution is 0.0944. The van der Waals surface area contributed by atoms with Gasteiger partial charge in [0.1, 0.15) is 11.5 Å². The van der Waals surface area contributed by atoms with Gasteiger partial charge in [-0.2, -0.15) is 0 Å². The Hall–Kier alpha value is -2.19. The molecule has 1 aromatic heterocycles. The third kappa shape index (κ3) is 5.29. The molecule has 0 saturated carbocycles. The van der Waals surface area contributed by atoms with E-state index in [0.717, 1.165) is 50.9 Å². The highest BCUT2D eigenvalue weighted by Crippen LogP contribution is 2.25. The van der Waals surface area contributed by atoms with E-state index < -0.39 is 0 Å². The molecule has 2 aromatic rings. The van der Waals surface area contributed by atoms with Gasteiger partial charge in [-0.3, -0.25) is 4.79 Å². The number of carbonyl (C=O) groups excluding carboxylic acids is 1. The predicted molar refractivity (Wildman–Crippen MR) is 120 cm³/mol. The molecule has 2 aliphatic heterocycles. The number of nitrogens with zero attached hydrogens (tertiary/aromatic N) is 4. The molecule has 8 heteroatoms. The van der Waals surface area contributed by atoms with Gasteiger partial charge in [0.15, 0.2) is 5.13 Å². The van der Waals surface area contributed by atoms with Gasteiger partial charge in [-0.15, -0.1) is 11.3 Å². The summed E-state index contributed by atoms with van der Waals surface area (Å²) >= 11 is 1.50. The molecule has 2 fully saturated rings. The molecule has 0 bridgehead atoms. The first-order valence-corrected chi connectivity index (χ1v) is 11.8. The smallest absolute Gasteiger partial charge is 0.270 e. The second-order valence-corrected chi connectivity index (χ2v) is 8.79. The highest BCUT2D eigenvalue weighted by Gasteiger charge is 2.22. The van der Waals surface area contributed by atoms with Gasteiger partial charge in [0.25, 0.3) is 5.91 Å². The van der Waals surface area contributed by atoms with Crippen molar-refractivity contribution >= 4 is 28.1 Å². The number of likely N-dealkylation sites (tertiary alicyclic amines) is 1. The number of amides is 1. The summed E-state index contributed by atoms with van der Waals surface area (Å²) in [5.41, 5.74) is 1.14. The quantitative estimate of drug-likeness (QED) is 0.761. The monoisotopic (exact) mass is 431 g/mol. The fraction of sp³-hybridized carbons (Fsp3) is 0.545. The van der Waals surface area contributed by atoms with E-state index in [0.29, 0.717) is 17.9 Å². The van der Waals surface area contributed by atoms with Crippen molar-refractivity contribution in [1.29, 1.82) is 0 Å². The number of para-hydroxylation sites is 1. The van der Waals surface area contributed by atoms with Crippen molar-refractivity contribution in [3.05, 3.63) is 41.2 Å². The molecule has 162 valence electrons. The highest BCUT2D eigenvalue weighted by atomic mass is 32.1. The molecule has 1 amide bonds. The minimum atomic E-state index is -0.181.